The van der Waals surface area contributed by atoms with Gasteiger partial charge in [-0.15, -0.1) is 33.2 Å². The number of hydrogen-bond acceptors (Lipinski definition) is 0. The Bertz CT molecular complexity index is 345. The molecule has 0 fully saturated rings. The van der Waals surface area contributed by atoms with Gasteiger partial charge in [0.1, 0.15) is 0 Å². The molecule has 1 aromatic rings. The summed E-state index contributed by atoms with van der Waals surface area (Å²) in [7, 11) is -1.29. The molecular formula is C12H19Cl3Si2. The molecule has 0 aliphatic heterocycles. The van der Waals surface area contributed by atoms with Crippen LogP contribution in [-0.2, 0) is 0 Å². The first kappa shape index (κ1) is 15.6. The minimum absolute atomic E-state index is 0.887. The SMILES string of the molecule is CC[Si](CC)(CC)c1ccc([Si](Cl)(Cl)Cl)cc1. The summed E-state index contributed by atoms with van der Waals surface area (Å²) in [5, 5.41) is 2.38. The molecule has 0 spiro atoms. The van der Waals surface area contributed by atoms with Gasteiger partial charge in [-0.05, 0) is 5.19 Å². The summed E-state index contributed by atoms with van der Waals surface area (Å²) in [5.74, 6) is 0. The Kier molecular flexibility index (Phi) is 5.60. The van der Waals surface area contributed by atoms with E-state index >= 15 is 0 Å². The molecule has 0 nitrogen and oxygen atoms in total. The fourth-order valence-electron chi connectivity index (χ4n) is 2.38. The van der Waals surface area contributed by atoms with Gasteiger partial charge in [0.05, 0.1) is 8.07 Å². The molecule has 0 N–H and O–H groups in total. The van der Waals surface area contributed by atoms with E-state index in [4.69, 9.17) is 33.2 Å². The fraction of sp³-hybridized carbons (Fsp3) is 0.500. The van der Waals surface area contributed by atoms with Crippen LogP contribution in [0.25, 0.3) is 0 Å². The predicted octanol–water partition coefficient (Wildman–Crippen LogP) is 4.26. The molecule has 0 heterocycles. The van der Waals surface area contributed by atoms with Crippen LogP contribution in [0.15, 0.2) is 24.3 Å². The van der Waals surface area contributed by atoms with Crippen LogP contribution in [-0.4, -0.2) is 14.1 Å². The molecule has 1 rings (SSSR count). The van der Waals surface area contributed by atoms with Crippen molar-refractivity contribution in [1.29, 1.82) is 0 Å². The maximum atomic E-state index is 6.01. The molecule has 1 aromatic carbocycles. The highest BCUT2D eigenvalue weighted by molar-refractivity contribution is 7.69. The van der Waals surface area contributed by atoms with Crippen molar-refractivity contribution in [3.05, 3.63) is 24.3 Å². The van der Waals surface area contributed by atoms with Crippen LogP contribution in [0.1, 0.15) is 20.8 Å². The second kappa shape index (κ2) is 6.11. The average molecular weight is 326 g/mol. The molecule has 0 aliphatic rings. The zero-order chi connectivity index (χ0) is 13.1. The second-order valence-electron chi connectivity index (χ2n) is 4.42. The number of rotatable bonds is 5. The molecular weight excluding hydrogens is 307 g/mol. The standard InChI is InChI=1S/C12H19Cl3Si2/c1-4-16(5-2,6-3)11-7-9-12(10-8-11)17(13,14)15/h7-10H,4-6H2,1-3H3. The molecule has 0 unspecified atom stereocenters. The second-order valence-corrected chi connectivity index (χ2v) is 18.1. The van der Waals surface area contributed by atoms with Gasteiger partial charge in [0, 0.05) is 0 Å². The van der Waals surface area contributed by atoms with Crippen molar-refractivity contribution in [2.24, 2.45) is 0 Å². The highest BCUT2D eigenvalue weighted by Gasteiger charge is 2.31. The van der Waals surface area contributed by atoms with Crippen molar-refractivity contribution >= 4 is 57.7 Å². The van der Waals surface area contributed by atoms with E-state index in [1.54, 1.807) is 0 Å². The summed E-state index contributed by atoms with van der Waals surface area (Å²) < 4.78 is 0. The van der Waals surface area contributed by atoms with Gasteiger partial charge < -0.3 is 0 Å². The molecule has 0 radical (unpaired) electrons. The Morgan fingerprint density at radius 3 is 1.41 bits per heavy atom. The maximum absolute atomic E-state index is 6.01. The van der Waals surface area contributed by atoms with Crippen LogP contribution in [0.4, 0.5) is 0 Å². The van der Waals surface area contributed by atoms with Gasteiger partial charge in [-0.2, -0.15) is 0 Å². The summed E-state index contributed by atoms with van der Waals surface area (Å²) in [6.07, 6.45) is 0. The summed E-state index contributed by atoms with van der Waals surface area (Å²) in [4.78, 5) is 0. The highest BCUT2D eigenvalue weighted by atomic mass is 35.8. The van der Waals surface area contributed by atoms with Crippen LogP contribution in [0.3, 0.4) is 0 Å². The lowest BCUT2D eigenvalue weighted by atomic mass is 10.4. The molecule has 0 bridgehead atoms. The van der Waals surface area contributed by atoms with E-state index in [9.17, 15) is 0 Å². The molecule has 0 aromatic heterocycles. The first-order valence-electron chi connectivity index (χ1n) is 6.07. The topological polar surface area (TPSA) is 0 Å². The van der Waals surface area contributed by atoms with E-state index < -0.39 is 14.1 Å². The van der Waals surface area contributed by atoms with E-state index in [2.05, 4.69) is 32.9 Å². The lowest BCUT2D eigenvalue weighted by molar-refractivity contribution is 1.19. The maximum Gasteiger partial charge on any atom is 0.372 e. The number of halogens is 3. The van der Waals surface area contributed by atoms with Gasteiger partial charge in [-0.25, -0.2) is 0 Å². The van der Waals surface area contributed by atoms with Gasteiger partial charge in [-0.3, -0.25) is 0 Å². The van der Waals surface area contributed by atoms with E-state index in [0.717, 1.165) is 5.19 Å². The van der Waals surface area contributed by atoms with Crippen LogP contribution < -0.4 is 10.4 Å². The lowest BCUT2D eigenvalue weighted by Crippen LogP contribution is -2.46. The Morgan fingerprint density at radius 2 is 1.12 bits per heavy atom. The first-order chi connectivity index (χ1) is 7.89. The third-order valence-electron chi connectivity index (χ3n) is 3.85. The van der Waals surface area contributed by atoms with Gasteiger partial charge in [0.25, 0.3) is 0 Å². The Hall–Kier alpha value is 0.524. The summed E-state index contributed by atoms with van der Waals surface area (Å²) in [5.41, 5.74) is 0. The smallest absolute Gasteiger partial charge is 0.121 e. The van der Waals surface area contributed by atoms with Crippen molar-refractivity contribution in [2.75, 3.05) is 0 Å². The molecule has 0 atom stereocenters. The van der Waals surface area contributed by atoms with Crippen LogP contribution in [0, 0.1) is 0 Å². The summed E-state index contributed by atoms with van der Waals surface area (Å²) in [6.45, 7) is 6.91. The third kappa shape index (κ3) is 3.51. The van der Waals surface area contributed by atoms with Gasteiger partial charge >= 0.3 is 6.00 Å². The zero-order valence-electron chi connectivity index (χ0n) is 10.6. The Labute approximate surface area is 120 Å². The van der Waals surface area contributed by atoms with Crippen molar-refractivity contribution in [3.63, 3.8) is 0 Å². The van der Waals surface area contributed by atoms with Crippen molar-refractivity contribution in [3.8, 4) is 0 Å². The first-order valence-corrected chi connectivity index (χ1v) is 13.7. The average Bonchev–Trinajstić information content (AvgIpc) is 2.32. The van der Waals surface area contributed by atoms with E-state index in [0.29, 0.717) is 0 Å². The predicted molar refractivity (Wildman–Crippen MR) is 86.2 cm³/mol. The number of hydrogen-bond donors (Lipinski definition) is 0. The van der Waals surface area contributed by atoms with Crippen LogP contribution in [0.5, 0.6) is 0 Å². The Morgan fingerprint density at radius 1 is 0.765 bits per heavy atom. The normalized spacial score (nSPS) is 12.8. The minimum Gasteiger partial charge on any atom is -0.121 e. The minimum atomic E-state index is -2.71. The molecule has 0 amide bonds. The van der Waals surface area contributed by atoms with E-state index in [1.807, 2.05) is 12.1 Å². The van der Waals surface area contributed by atoms with Gasteiger partial charge in [0.2, 0.25) is 0 Å². The molecule has 0 aliphatic carbocycles. The van der Waals surface area contributed by atoms with Crippen molar-refractivity contribution in [1.82, 2.24) is 0 Å². The summed E-state index contributed by atoms with van der Waals surface area (Å²) in [6, 6.07) is 9.53. The van der Waals surface area contributed by atoms with Crippen LogP contribution >= 0.6 is 33.2 Å². The Balaban J connectivity index is 3.09. The van der Waals surface area contributed by atoms with Crippen molar-refractivity contribution < 1.29 is 0 Å². The fourth-order valence-corrected chi connectivity index (χ4v) is 7.65. The molecule has 0 saturated heterocycles. The molecule has 96 valence electrons. The monoisotopic (exact) mass is 324 g/mol. The summed E-state index contributed by atoms with van der Waals surface area (Å²) >= 11 is 18.0. The zero-order valence-corrected chi connectivity index (χ0v) is 14.8. The van der Waals surface area contributed by atoms with Crippen molar-refractivity contribution in [2.45, 2.75) is 38.9 Å². The van der Waals surface area contributed by atoms with E-state index in [1.165, 1.54) is 23.3 Å². The number of benzene rings is 1. The van der Waals surface area contributed by atoms with Gasteiger partial charge in [-0.1, -0.05) is 68.4 Å². The molecule has 5 heteroatoms. The molecule has 0 saturated carbocycles. The quantitative estimate of drug-likeness (QED) is 0.560. The molecule has 17 heavy (non-hydrogen) atoms. The highest BCUT2D eigenvalue weighted by Crippen LogP contribution is 2.22. The van der Waals surface area contributed by atoms with Crippen LogP contribution in [0.2, 0.25) is 18.1 Å². The third-order valence-corrected chi connectivity index (χ3v) is 12.4. The lowest BCUT2D eigenvalue weighted by Gasteiger charge is -2.29. The van der Waals surface area contributed by atoms with E-state index in [-0.39, 0.29) is 0 Å². The largest absolute Gasteiger partial charge is 0.372 e. The van der Waals surface area contributed by atoms with Gasteiger partial charge in [0.15, 0.2) is 0 Å².